The highest BCUT2D eigenvalue weighted by molar-refractivity contribution is 6.52. The van der Waals surface area contributed by atoms with Gasteiger partial charge in [-0.1, -0.05) is 23.7 Å². The van der Waals surface area contributed by atoms with E-state index in [1.54, 1.807) is 6.07 Å². The first kappa shape index (κ1) is 11.9. The summed E-state index contributed by atoms with van der Waals surface area (Å²) in [7, 11) is 0. The second kappa shape index (κ2) is 4.17. The van der Waals surface area contributed by atoms with Gasteiger partial charge in [0.15, 0.2) is 0 Å². The van der Waals surface area contributed by atoms with Crippen molar-refractivity contribution in [3.63, 3.8) is 0 Å². The van der Waals surface area contributed by atoms with Crippen LogP contribution in [0.1, 0.15) is 15.9 Å². The molecule has 0 saturated carbocycles. The van der Waals surface area contributed by atoms with Crippen LogP contribution in [0.5, 0.6) is 0 Å². The molecule has 0 aromatic heterocycles. The third-order valence-electron chi connectivity index (χ3n) is 2.97. The molecule has 2 aromatic carbocycles. The largest absolute Gasteiger partial charge is 0.618 e. The van der Waals surface area contributed by atoms with Gasteiger partial charge in [-0.3, -0.25) is 4.79 Å². The van der Waals surface area contributed by atoms with Gasteiger partial charge in [-0.05, 0) is 24.3 Å². The molecular weight excluding hydrogens is 269 g/mol. The maximum absolute atomic E-state index is 13.7. The zero-order valence-electron chi connectivity index (χ0n) is 9.56. The normalized spacial score (nSPS) is 13.9. The Hall–Kier alpha value is -2.20. The van der Waals surface area contributed by atoms with E-state index in [2.05, 4.69) is 0 Å². The molecule has 0 unspecified atom stereocenters. The standard InChI is InChI=1S/C14H7ClFNO2/c15-8-5-6-12-10(7-8)14(18)13(17(12)19)9-3-1-2-4-11(9)16/h1-7H. The second-order valence-electron chi connectivity index (χ2n) is 4.11. The smallest absolute Gasteiger partial charge is 0.275 e. The van der Waals surface area contributed by atoms with Crippen molar-refractivity contribution in [2.24, 2.45) is 0 Å². The van der Waals surface area contributed by atoms with E-state index in [0.717, 1.165) is 0 Å². The van der Waals surface area contributed by atoms with E-state index >= 15 is 0 Å². The summed E-state index contributed by atoms with van der Waals surface area (Å²) in [4.78, 5) is 12.2. The fourth-order valence-corrected chi connectivity index (χ4v) is 2.26. The van der Waals surface area contributed by atoms with Crippen LogP contribution in [0.3, 0.4) is 0 Å². The summed E-state index contributed by atoms with van der Waals surface area (Å²) in [5.74, 6) is -1.12. The summed E-state index contributed by atoms with van der Waals surface area (Å²) in [6.07, 6.45) is 0. The zero-order chi connectivity index (χ0) is 13.6. The molecule has 0 aliphatic carbocycles. The molecule has 1 aliphatic heterocycles. The Kier molecular flexibility index (Phi) is 2.61. The number of ketones is 1. The van der Waals surface area contributed by atoms with Crippen LogP contribution in [-0.2, 0) is 0 Å². The summed E-state index contributed by atoms with van der Waals surface area (Å²) in [5, 5.41) is 12.5. The highest BCUT2D eigenvalue weighted by Crippen LogP contribution is 2.30. The van der Waals surface area contributed by atoms with E-state index in [0.29, 0.717) is 9.76 Å². The molecule has 94 valence electrons. The van der Waals surface area contributed by atoms with Gasteiger partial charge in [-0.2, -0.15) is 4.74 Å². The Balaban J connectivity index is 2.24. The average molecular weight is 276 g/mol. The average Bonchev–Trinajstić information content (AvgIpc) is 2.63. The lowest BCUT2D eigenvalue weighted by atomic mass is 10.0. The van der Waals surface area contributed by atoms with Gasteiger partial charge in [0.1, 0.15) is 11.4 Å². The lowest BCUT2D eigenvalue weighted by Gasteiger charge is -2.02. The van der Waals surface area contributed by atoms with Crippen molar-refractivity contribution in [1.82, 2.24) is 0 Å². The summed E-state index contributed by atoms with van der Waals surface area (Å²) in [6, 6.07) is 10.1. The van der Waals surface area contributed by atoms with Crippen LogP contribution in [0.4, 0.5) is 10.1 Å². The Morgan fingerprint density at radius 1 is 1.11 bits per heavy atom. The molecule has 0 N–H and O–H groups in total. The molecule has 0 bridgehead atoms. The van der Waals surface area contributed by atoms with Crippen molar-refractivity contribution in [1.29, 1.82) is 0 Å². The van der Waals surface area contributed by atoms with Crippen LogP contribution in [0.15, 0.2) is 42.5 Å². The molecule has 0 fully saturated rings. The molecule has 0 spiro atoms. The number of Topliss-reactive ketones (excluding diaryl/α,β-unsaturated/α-hetero) is 1. The lowest BCUT2D eigenvalue weighted by Crippen LogP contribution is -2.18. The molecule has 19 heavy (non-hydrogen) atoms. The van der Waals surface area contributed by atoms with E-state index in [4.69, 9.17) is 11.6 Å². The molecular formula is C14H7ClFNO2. The maximum atomic E-state index is 13.7. The summed E-state index contributed by atoms with van der Waals surface area (Å²) in [5.41, 5.74) is 0.165. The predicted molar refractivity (Wildman–Crippen MR) is 69.6 cm³/mol. The highest BCUT2D eigenvalue weighted by atomic mass is 35.5. The number of halogens is 2. The number of hydrogen-bond acceptors (Lipinski definition) is 2. The van der Waals surface area contributed by atoms with Gasteiger partial charge in [-0.15, -0.1) is 0 Å². The zero-order valence-corrected chi connectivity index (χ0v) is 10.3. The van der Waals surface area contributed by atoms with Crippen molar-refractivity contribution < 1.29 is 13.9 Å². The summed E-state index contributed by atoms with van der Waals surface area (Å²) >= 11 is 5.81. The monoisotopic (exact) mass is 275 g/mol. The Morgan fingerprint density at radius 2 is 1.84 bits per heavy atom. The van der Waals surface area contributed by atoms with Gasteiger partial charge in [0.05, 0.1) is 5.56 Å². The van der Waals surface area contributed by atoms with Crippen molar-refractivity contribution >= 4 is 28.8 Å². The summed E-state index contributed by atoms with van der Waals surface area (Å²) in [6.45, 7) is 0. The van der Waals surface area contributed by atoms with Crippen molar-refractivity contribution in [2.45, 2.75) is 0 Å². The molecule has 0 atom stereocenters. The first-order valence-corrected chi connectivity index (χ1v) is 5.91. The van der Waals surface area contributed by atoms with Gasteiger partial charge < -0.3 is 5.21 Å². The SMILES string of the molecule is O=C1C(c2ccccc2F)=[N+]([O-])c2ccc(Cl)cc21. The van der Waals surface area contributed by atoms with Crippen LogP contribution >= 0.6 is 11.6 Å². The van der Waals surface area contributed by atoms with Crippen molar-refractivity contribution in [3.8, 4) is 0 Å². The molecule has 5 heteroatoms. The van der Waals surface area contributed by atoms with E-state index in [1.165, 1.54) is 36.4 Å². The molecule has 0 amide bonds. The molecule has 3 nitrogen and oxygen atoms in total. The Labute approximate surface area is 113 Å². The number of carbonyl (C=O) groups is 1. The minimum atomic E-state index is -0.606. The molecule has 1 aliphatic rings. The number of fused-ring (bicyclic) bond motifs is 1. The van der Waals surface area contributed by atoms with Crippen LogP contribution in [-0.4, -0.2) is 16.2 Å². The van der Waals surface area contributed by atoms with Crippen LogP contribution in [0.2, 0.25) is 5.02 Å². The molecule has 0 saturated heterocycles. The number of nitrogens with zero attached hydrogens (tertiary/aromatic N) is 1. The van der Waals surface area contributed by atoms with Crippen molar-refractivity contribution in [3.05, 3.63) is 69.6 Å². The highest BCUT2D eigenvalue weighted by Gasteiger charge is 2.37. The van der Waals surface area contributed by atoms with Crippen LogP contribution < -0.4 is 0 Å². The van der Waals surface area contributed by atoms with Crippen LogP contribution in [0.25, 0.3) is 0 Å². The second-order valence-corrected chi connectivity index (χ2v) is 4.55. The number of hydrogen-bond donors (Lipinski definition) is 0. The quantitative estimate of drug-likeness (QED) is 0.592. The van der Waals surface area contributed by atoms with Gasteiger partial charge in [0.25, 0.3) is 11.5 Å². The molecule has 3 rings (SSSR count). The third kappa shape index (κ3) is 1.72. The lowest BCUT2D eigenvalue weighted by molar-refractivity contribution is -0.355. The first-order valence-electron chi connectivity index (χ1n) is 5.53. The van der Waals surface area contributed by atoms with E-state index in [9.17, 15) is 14.4 Å². The first-order chi connectivity index (χ1) is 9.09. The van der Waals surface area contributed by atoms with Gasteiger partial charge in [-0.25, -0.2) is 4.39 Å². The topological polar surface area (TPSA) is 43.1 Å². The minimum absolute atomic E-state index is 0.00479. The van der Waals surface area contributed by atoms with E-state index in [-0.39, 0.29) is 22.5 Å². The third-order valence-corrected chi connectivity index (χ3v) is 3.20. The fourth-order valence-electron chi connectivity index (χ4n) is 2.09. The molecule has 1 heterocycles. The minimum Gasteiger partial charge on any atom is -0.618 e. The maximum Gasteiger partial charge on any atom is 0.275 e. The number of benzene rings is 2. The van der Waals surface area contributed by atoms with Gasteiger partial charge in [0, 0.05) is 11.1 Å². The number of carbonyl (C=O) groups excluding carboxylic acids is 1. The Bertz CT molecular complexity index is 740. The van der Waals surface area contributed by atoms with Gasteiger partial charge in [0.2, 0.25) is 5.69 Å². The van der Waals surface area contributed by atoms with Crippen LogP contribution in [0, 0.1) is 11.0 Å². The van der Waals surface area contributed by atoms with E-state index < -0.39 is 11.6 Å². The molecule has 2 aromatic rings. The van der Waals surface area contributed by atoms with Crippen molar-refractivity contribution in [2.75, 3.05) is 0 Å². The summed E-state index contributed by atoms with van der Waals surface area (Å²) < 4.78 is 14.2. The fraction of sp³-hybridized carbons (Fsp3) is 0. The van der Waals surface area contributed by atoms with Gasteiger partial charge >= 0.3 is 0 Å². The number of rotatable bonds is 1. The van der Waals surface area contributed by atoms with E-state index in [1.807, 2.05) is 0 Å². The Morgan fingerprint density at radius 3 is 2.58 bits per heavy atom. The molecule has 0 radical (unpaired) electrons. The predicted octanol–water partition coefficient (Wildman–Crippen LogP) is 3.31.